The van der Waals surface area contributed by atoms with E-state index in [0.29, 0.717) is 0 Å². The first-order valence-electron chi connectivity index (χ1n) is 9.31. The average Bonchev–Trinajstić information content (AvgIpc) is 2.62. The number of likely N-dealkylation sites (tertiary alicyclic amines) is 1. The van der Waals surface area contributed by atoms with Gasteiger partial charge in [-0.3, -0.25) is 9.59 Å². The summed E-state index contributed by atoms with van der Waals surface area (Å²) in [6, 6.07) is 7.79. The third kappa shape index (κ3) is 5.48. The molecule has 2 rings (SSSR count). The summed E-state index contributed by atoms with van der Waals surface area (Å²) < 4.78 is 5.58. The van der Waals surface area contributed by atoms with Gasteiger partial charge in [-0.2, -0.15) is 0 Å². The molecule has 5 nitrogen and oxygen atoms in total. The summed E-state index contributed by atoms with van der Waals surface area (Å²) >= 11 is 0. The monoisotopic (exact) mass is 346 g/mol. The van der Waals surface area contributed by atoms with Gasteiger partial charge in [0.1, 0.15) is 5.75 Å². The predicted molar refractivity (Wildman–Crippen MR) is 98.5 cm³/mol. The third-order valence-corrected chi connectivity index (χ3v) is 4.96. The molecule has 1 heterocycles. The Hall–Kier alpha value is -2.04. The second kappa shape index (κ2) is 9.44. The highest BCUT2D eigenvalue weighted by molar-refractivity contribution is 5.79. The third-order valence-electron chi connectivity index (χ3n) is 4.96. The van der Waals surface area contributed by atoms with Crippen LogP contribution in [0.4, 0.5) is 0 Å². The summed E-state index contributed by atoms with van der Waals surface area (Å²) in [7, 11) is 0. The molecule has 1 fully saturated rings. The van der Waals surface area contributed by atoms with Crippen molar-refractivity contribution in [1.82, 2.24) is 10.2 Å². The van der Waals surface area contributed by atoms with E-state index in [9.17, 15) is 9.59 Å². The maximum atomic E-state index is 12.4. The molecule has 1 aromatic rings. The van der Waals surface area contributed by atoms with Crippen LogP contribution in [0.1, 0.15) is 45.1 Å². The van der Waals surface area contributed by atoms with E-state index in [1.165, 1.54) is 0 Å². The van der Waals surface area contributed by atoms with E-state index >= 15 is 0 Å². The second-order valence-corrected chi connectivity index (χ2v) is 6.73. The zero-order valence-electron chi connectivity index (χ0n) is 15.6. The molecular formula is C20H30N2O3. The standard InChI is InChI=1S/C20H30N2O3/c1-4-16(5-2)20(24)22-12-10-17(11-13-22)21-19(23)14-25-18-9-7-6-8-15(18)3/h6-9,16-17H,4-5,10-14H2,1-3H3,(H,21,23). The Bertz CT molecular complexity index is 576. The first kappa shape index (κ1) is 19.3. The Labute approximate surface area is 150 Å². The van der Waals surface area contributed by atoms with Gasteiger partial charge < -0.3 is 15.0 Å². The van der Waals surface area contributed by atoms with E-state index in [4.69, 9.17) is 4.74 Å². The van der Waals surface area contributed by atoms with Gasteiger partial charge in [0, 0.05) is 25.0 Å². The molecule has 0 aromatic heterocycles. The van der Waals surface area contributed by atoms with Crippen LogP contribution < -0.4 is 10.1 Å². The van der Waals surface area contributed by atoms with Crippen LogP contribution in [0.2, 0.25) is 0 Å². The van der Waals surface area contributed by atoms with Gasteiger partial charge in [-0.05, 0) is 44.2 Å². The van der Waals surface area contributed by atoms with E-state index in [-0.39, 0.29) is 30.4 Å². The fourth-order valence-electron chi connectivity index (χ4n) is 3.27. The molecule has 1 aliphatic heterocycles. The molecular weight excluding hydrogens is 316 g/mol. The first-order valence-corrected chi connectivity index (χ1v) is 9.31. The van der Waals surface area contributed by atoms with Crippen LogP contribution in [0, 0.1) is 12.8 Å². The molecule has 2 amide bonds. The van der Waals surface area contributed by atoms with Crippen LogP contribution >= 0.6 is 0 Å². The van der Waals surface area contributed by atoms with Crippen LogP contribution in [0.15, 0.2) is 24.3 Å². The number of carbonyl (C=O) groups excluding carboxylic acids is 2. The molecule has 0 radical (unpaired) electrons. The highest BCUT2D eigenvalue weighted by atomic mass is 16.5. The van der Waals surface area contributed by atoms with Crippen molar-refractivity contribution in [2.45, 2.75) is 52.5 Å². The Morgan fingerprint density at radius 2 is 1.84 bits per heavy atom. The number of para-hydroxylation sites is 1. The summed E-state index contributed by atoms with van der Waals surface area (Å²) in [5.74, 6) is 1.03. The predicted octanol–water partition coefficient (Wildman–Crippen LogP) is 2.92. The topological polar surface area (TPSA) is 58.6 Å². The van der Waals surface area contributed by atoms with E-state index in [1.54, 1.807) is 0 Å². The summed E-state index contributed by atoms with van der Waals surface area (Å²) in [5.41, 5.74) is 1.02. The lowest BCUT2D eigenvalue weighted by molar-refractivity contribution is -0.137. The van der Waals surface area contributed by atoms with Gasteiger partial charge in [0.25, 0.3) is 5.91 Å². The van der Waals surface area contributed by atoms with Gasteiger partial charge in [0.2, 0.25) is 5.91 Å². The number of rotatable bonds is 7. The molecule has 0 aliphatic carbocycles. The quantitative estimate of drug-likeness (QED) is 0.826. The van der Waals surface area contributed by atoms with Crippen molar-refractivity contribution in [3.8, 4) is 5.75 Å². The van der Waals surface area contributed by atoms with Gasteiger partial charge in [-0.25, -0.2) is 0 Å². The van der Waals surface area contributed by atoms with Crippen molar-refractivity contribution < 1.29 is 14.3 Å². The lowest BCUT2D eigenvalue weighted by Crippen LogP contribution is -2.48. The molecule has 0 saturated carbocycles. The van der Waals surface area contributed by atoms with Gasteiger partial charge in [-0.15, -0.1) is 0 Å². The van der Waals surface area contributed by atoms with E-state index in [0.717, 1.165) is 50.1 Å². The largest absolute Gasteiger partial charge is 0.484 e. The van der Waals surface area contributed by atoms with Crippen molar-refractivity contribution in [1.29, 1.82) is 0 Å². The van der Waals surface area contributed by atoms with E-state index < -0.39 is 0 Å². The molecule has 138 valence electrons. The van der Waals surface area contributed by atoms with Crippen molar-refractivity contribution in [3.63, 3.8) is 0 Å². The Morgan fingerprint density at radius 1 is 1.20 bits per heavy atom. The lowest BCUT2D eigenvalue weighted by Gasteiger charge is -2.34. The number of benzene rings is 1. The molecule has 25 heavy (non-hydrogen) atoms. The van der Waals surface area contributed by atoms with Crippen LogP contribution in [0.3, 0.4) is 0 Å². The van der Waals surface area contributed by atoms with Crippen LogP contribution in [0.5, 0.6) is 5.75 Å². The molecule has 5 heteroatoms. The molecule has 0 spiro atoms. The fraction of sp³-hybridized carbons (Fsp3) is 0.600. The van der Waals surface area contributed by atoms with Gasteiger partial charge >= 0.3 is 0 Å². The number of piperidine rings is 1. The molecule has 1 N–H and O–H groups in total. The van der Waals surface area contributed by atoms with Crippen LogP contribution in [-0.2, 0) is 9.59 Å². The Kier molecular flexibility index (Phi) is 7.29. The SMILES string of the molecule is CCC(CC)C(=O)N1CCC(NC(=O)COc2ccccc2C)CC1. The zero-order valence-corrected chi connectivity index (χ0v) is 15.6. The molecule has 0 bridgehead atoms. The Balaban J connectivity index is 1.73. The number of aryl methyl sites for hydroxylation is 1. The number of hydrogen-bond acceptors (Lipinski definition) is 3. The number of ether oxygens (including phenoxy) is 1. The summed E-state index contributed by atoms with van der Waals surface area (Å²) in [5, 5.41) is 3.02. The minimum absolute atomic E-state index is 0.0255. The highest BCUT2D eigenvalue weighted by Gasteiger charge is 2.27. The minimum atomic E-state index is -0.104. The first-order chi connectivity index (χ1) is 12.0. The fourth-order valence-corrected chi connectivity index (χ4v) is 3.27. The smallest absolute Gasteiger partial charge is 0.258 e. The molecule has 1 aromatic carbocycles. The molecule has 0 atom stereocenters. The number of amides is 2. The van der Waals surface area contributed by atoms with E-state index in [2.05, 4.69) is 19.2 Å². The van der Waals surface area contributed by atoms with Gasteiger partial charge in [0.05, 0.1) is 0 Å². The van der Waals surface area contributed by atoms with Gasteiger partial charge in [-0.1, -0.05) is 32.0 Å². The maximum Gasteiger partial charge on any atom is 0.258 e. The Morgan fingerprint density at radius 3 is 2.44 bits per heavy atom. The van der Waals surface area contributed by atoms with Crippen molar-refractivity contribution in [2.75, 3.05) is 19.7 Å². The second-order valence-electron chi connectivity index (χ2n) is 6.73. The lowest BCUT2D eigenvalue weighted by atomic mass is 9.98. The van der Waals surface area contributed by atoms with Crippen molar-refractivity contribution >= 4 is 11.8 Å². The summed E-state index contributed by atoms with van der Waals surface area (Å²) in [4.78, 5) is 26.4. The molecule has 1 saturated heterocycles. The van der Waals surface area contributed by atoms with Crippen LogP contribution in [-0.4, -0.2) is 42.5 Å². The number of nitrogens with zero attached hydrogens (tertiary/aromatic N) is 1. The number of nitrogens with one attached hydrogen (secondary N) is 1. The zero-order chi connectivity index (χ0) is 18.2. The van der Waals surface area contributed by atoms with Gasteiger partial charge in [0.15, 0.2) is 6.61 Å². The molecule has 1 aliphatic rings. The van der Waals surface area contributed by atoms with E-state index in [1.807, 2.05) is 36.1 Å². The number of carbonyl (C=O) groups is 2. The normalized spacial score (nSPS) is 15.3. The average molecular weight is 346 g/mol. The van der Waals surface area contributed by atoms with Crippen molar-refractivity contribution in [3.05, 3.63) is 29.8 Å². The highest BCUT2D eigenvalue weighted by Crippen LogP contribution is 2.18. The van der Waals surface area contributed by atoms with Crippen molar-refractivity contribution in [2.24, 2.45) is 5.92 Å². The summed E-state index contributed by atoms with van der Waals surface area (Å²) in [6.07, 6.45) is 3.40. The number of hydrogen-bond donors (Lipinski definition) is 1. The maximum absolute atomic E-state index is 12.4. The minimum Gasteiger partial charge on any atom is -0.484 e. The van der Waals surface area contributed by atoms with Crippen LogP contribution in [0.25, 0.3) is 0 Å². The molecule has 0 unspecified atom stereocenters. The summed E-state index contributed by atoms with van der Waals surface area (Å²) in [6.45, 7) is 7.55.